The van der Waals surface area contributed by atoms with Crippen LogP contribution in [0.1, 0.15) is 13.3 Å². The second-order valence-electron chi connectivity index (χ2n) is 3.51. The zero-order valence-electron chi connectivity index (χ0n) is 8.59. The number of carbonyl (C=O) groups is 1. The highest BCUT2D eigenvalue weighted by Crippen LogP contribution is 2.34. The van der Waals surface area contributed by atoms with Crippen molar-refractivity contribution in [3.8, 4) is 0 Å². The molecular weight excluding hydrogens is 212 g/mol. The molecule has 1 N–H and O–H groups in total. The van der Waals surface area contributed by atoms with E-state index in [2.05, 4.69) is 17.1 Å². The van der Waals surface area contributed by atoms with Crippen LogP contribution in [0.5, 0.6) is 0 Å². The van der Waals surface area contributed by atoms with Gasteiger partial charge in [0.1, 0.15) is 0 Å². The van der Waals surface area contributed by atoms with Gasteiger partial charge in [-0.15, -0.1) is 0 Å². The number of hydrogen-bond acceptors (Lipinski definition) is 2. The fraction of sp³-hybridized carbons (Fsp3) is 0.364. The zero-order valence-corrected chi connectivity index (χ0v) is 9.34. The highest BCUT2D eigenvalue weighted by Gasteiger charge is 2.19. The Kier molecular flexibility index (Phi) is 2.82. The minimum absolute atomic E-state index is 0.0281. The Morgan fingerprint density at radius 3 is 3.07 bits per heavy atom. The first-order valence-corrected chi connectivity index (χ1v) is 5.43. The van der Waals surface area contributed by atoms with Crippen molar-refractivity contribution in [2.75, 3.05) is 23.3 Å². The Balaban J connectivity index is 2.49. The number of anilines is 2. The van der Waals surface area contributed by atoms with Crippen LogP contribution in [-0.4, -0.2) is 19.0 Å². The van der Waals surface area contributed by atoms with Crippen molar-refractivity contribution < 1.29 is 4.79 Å². The molecule has 3 nitrogen and oxygen atoms in total. The summed E-state index contributed by atoms with van der Waals surface area (Å²) in [6.07, 6.45) is 0.513. The lowest BCUT2D eigenvalue weighted by molar-refractivity contribution is -0.115. The molecule has 1 aromatic rings. The Morgan fingerprint density at radius 1 is 1.53 bits per heavy atom. The summed E-state index contributed by atoms with van der Waals surface area (Å²) in [6, 6.07) is 5.68. The lowest BCUT2D eigenvalue weighted by Crippen LogP contribution is -2.23. The lowest BCUT2D eigenvalue weighted by Gasteiger charge is -2.22. The molecule has 0 fully saturated rings. The summed E-state index contributed by atoms with van der Waals surface area (Å²) in [4.78, 5) is 13.6. The van der Waals surface area contributed by atoms with E-state index < -0.39 is 0 Å². The van der Waals surface area contributed by atoms with Crippen LogP contribution in [0.4, 0.5) is 11.4 Å². The van der Waals surface area contributed by atoms with Crippen molar-refractivity contribution in [1.82, 2.24) is 0 Å². The third kappa shape index (κ3) is 1.92. The highest BCUT2D eigenvalue weighted by molar-refractivity contribution is 6.34. The molecule has 1 aliphatic rings. The van der Waals surface area contributed by atoms with E-state index in [1.54, 1.807) is 6.07 Å². The summed E-state index contributed by atoms with van der Waals surface area (Å²) in [5.74, 6) is 0.0281. The second-order valence-corrected chi connectivity index (χ2v) is 3.92. The van der Waals surface area contributed by atoms with Crippen molar-refractivity contribution in [3.05, 3.63) is 23.2 Å². The van der Waals surface area contributed by atoms with Gasteiger partial charge in [0.05, 0.1) is 16.4 Å². The molecule has 0 spiro atoms. The Labute approximate surface area is 94.0 Å². The van der Waals surface area contributed by atoms with E-state index in [1.807, 2.05) is 12.1 Å². The van der Waals surface area contributed by atoms with Gasteiger partial charge in [-0.25, -0.2) is 0 Å². The zero-order chi connectivity index (χ0) is 10.8. The maximum atomic E-state index is 11.5. The van der Waals surface area contributed by atoms with Gasteiger partial charge in [-0.2, -0.15) is 0 Å². The second kappa shape index (κ2) is 4.11. The SMILES string of the molecule is CCN1CCC(=O)Nc2c(Cl)cccc21. The molecule has 2 rings (SSSR count). The van der Waals surface area contributed by atoms with Crippen LogP contribution in [0.15, 0.2) is 18.2 Å². The maximum Gasteiger partial charge on any atom is 0.226 e. The summed E-state index contributed by atoms with van der Waals surface area (Å²) in [5, 5.41) is 3.44. The van der Waals surface area contributed by atoms with Crippen molar-refractivity contribution >= 4 is 28.9 Å². The first kappa shape index (κ1) is 10.3. The first-order chi connectivity index (χ1) is 7.22. The van der Waals surface area contributed by atoms with Gasteiger partial charge < -0.3 is 10.2 Å². The largest absolute Gasteiger partial charge is 0.370 e. The van der Waals surface area contributed by atoms with E-state index in [4.69, 9.17) is 11.6 Å². The smallest absolute Gasteiger partial charge is 0.226 e. The number of rotatable bonds is 1. The van der Waals surface area contributed by atoms with Crippen molar-refractivity contribution in [1.29, 1.82) is 0 Å². The summed E-state index contributed by atoms with van der Waals surface area (Å²) in [5.41, 5.74) is 1.75. The van der Waals surface area contributed by atoms with E-state index in [-0.39, 0.29) is 5.91 Å². The number of nitrogens with zero attached hydrogens (tertiary/aromatic N) is 1. The minimum Gasteiger partial charge on any atom is -0.370 e. The molecule has 4 heteroatoms. The molecule has 80 valence electrons. The predicted octanol–water partition coefficient (Wildman–Crippen LogP) is 2.51. The lowest BCUT2D eigenvalue weighted by atomic mass is 10.2. The molecule has 0 saturated heterocycles. The number of para-hydroxylation sites is 1. The van der Waals surface area contributed by atoms with Crippen LogP contribution >= 0.6 is 11.6 Å². The van der Waals surface area contributed by atoms with Crippen LogP contribution < -0.4 is 10.2 Å². The molecule has 0 unspecified atom stereocenters. The Hall–Kier alpha value is -1.22. The van der Waals surface area contributed by atoms with Gasteiger partial charge in [0.2, 0.25) is 5.91 Å². The van der Waals surface area contributed by atoms with Crippen LogP contribution in [0.25, 0.3) is 0 Å². The van der Waals surface area contributed by atoms with Gasteiger partial charge in [0, 0.05) is 19.5 Å². The van der Waals surface area contributed by atoms with Gasteiger partial charge in [-0.1, -0.05) is 17.7 Å². The molecule has 1 amide bonds. The minimum atomic E-state index is 0.0281. The van der Waals surface area contributed by atoms with E-state index in [0.717, 1.165) is 24.5 Å². The fourth-order valence-corrected chi connectivity index (χ4v) is 2.00. The fourth-order valence-electron chi connectivity index (χ4n) is 1.79. The molecule has 1 heterocycles. The van der Waals surface area contributed by atoms with Crippen molar-refractivity contribution in [2.24, 2.45) is 0 Å². The third-order valence-electron chi connectivity index (χ3n) is 2.59. The van der Waals surface area contributed by atoms with E-state index in [0.29, 0.717) is 11.4 Å². The first-order valence-electron chi connectivity index (χ1n) is 5.05. The maximum absolute atomic E-state index is 11.5. The number of nitrogens with one attached hydrogen (secondary N) is 1. The summed E-state index contributed by atoms with van der Waals surface area (Å²) in [7, 11) is 0. The molecule has 0 atom stereocenters. The number of hydrogen-bond donors (Lipinski definition) is 1. The van der Waals surface area contributed by atoms with Crippen LogP contribution in [0.3, 0.4) is 0 Å². The molecule has 1 aromatic carbocycles. The van der Waals surface area contributed by atoms with Gasteiger partial charge >= 0.3 is 0 Å². The Bertz CT molecular complexity index is 392. The van der Waals surface area contributed by atoms with Crippen LogP contribution in [-0.2, 0) is 4.79 Å². The van der Waals surface area contributed by atoms with Gasteiger partial charge in [0.15, 0.2) is 0 Å². The summed E-state index contributed by atoms with van der Waals surface area (Å²) >= 11 is 6.06. The van der Waals surface area contributed by atoms with Crippen LogP contribution in [0, 0.1) is 0 Å². The van der Waals surface area contributed by atoms with E-state index in [9.17, 15) is 4.79 Å². The van der Waals surface area contributed by atoms with Gasteiger partial charge in [-0.05, 0) is 19.1 Å². The molecule has 0 aliphatic carbocycles. The average molecular weight is 225 g/mol. The topological polar surface area (TPSA) is 32.3 Å². The monoisotopic (exact) mass is 224 g/mol. The normalized spacial score (nSPS) is 15.6. The summed E-state index contributed by atoms with van der Waals surface area (Å²) in [6.45, 7) is 3.69. The van der Waals surface area contributed by atoms with E-state index >= 15 is 0 Å². The van der Waals surface area contributed by atoms with Crippen molar-refractivity contribution in [2.45, 2.75) is 13.3 Å². The van der Waals surface area contributed by atoms with E-state index in [1.165, 1.54) is 0 Å². The standard InChI is InChI=1S/C11H13ClN2O/c1-2-14-7-6-10(15)13-11-8(12)4-3-5-9(11)14/h3-5H,2,6-7H2,1H3,(H,13,15). The quantitative estimate of drug-likeness (QED) is 0.795. The number of halogens is 1. The molecule has 0 radical (unpaired) electrons. The number of carbonyl (C=O) groups excluding carboxylic acids is 1. The summed E-state index contributed by atoms with van der Waals surface area (Å²) < 4.78 is 0. The number of fused-ring (bicyclic) bond motifs is 1. The van der Waals surface area contributed by atoms with Crippen LogP contribution in [0.2, 0.25) is 5.02 Å². The third-order valence-corrected chi connectivity index (χ3v) is 2.90. The number of amides is 1. The average Bonchev–Trinajstić information content (AvgIpc) is 2.38. The molecule has 1 aliphatic heterocycles. The Morgan fingerprint density at radius 2 is 2.33 bits per heavy atom. The highest BCUT2D eigenvalue weighted by atomic mass is 35.5. The molecule has 0 saturated carbocycles. The molecule has 0 bridgehead atoms. The molecule has 15 heavy (non-hydrogen) atoms. The van der Waals surface area contributed by atoms with Gasteiger partial charge in [-0.3, -0.25) is 4.79 Å². The van der Waals surface area contributed by atoms with Gasteiger partial charge in [0.25, 0.3) is 0 Å². The van der Waals surface area contributed by atoms with Crippen molar-refractivity contribution in [3.63, 3.8) is 0 Å². The number of benzene rings is 1. The predicted molar refractivity (Wildman–Crippen MR) is 62.6 cm³/mol. The molecule has 0 aromatic heterocycles. The molecular formula is C11H13ClN2O.